The molecule has 2 aromatic carbocycles. The summed E-state index contributed by atoms with van der Waals surface area (Å²) in [6.07, 6.45) is 0. The number of fused-ring (bicyclic) bond motifs is 1. The molecule has 7 nitrogen and oxygen atoms in total. The van der Waals surface area contributed by atoms with Gasteiger partial charge in [0.1, 0.15) is 5.75 Å². The zero-order valence-electron chi connectivity index (χ0n) is 16.1. The van der Waals surface area contributed by atoms with Gasteiger partial charge < -0.3 is 20.7 Å². The molecule has 1 aliphatic heterocycles. The summed E-state index contributed by atoms with van der Waals surface area (Å²) in [4.78, 5) is 36.2. The van der Waals surface area contributed by atoms with Crippen LogP contribution in [0.15, 0.2) is 36.4 Å². The molecule has 0 unspecified atom stereocenters. The Morgan fingerprint density at radius 1 is 1.11 bits per heavy atom. The number of aryl methyl sites for hydroxylation is 1. The van der Waals surface area contributed by atoms with Gasteiger partial charge in [0.2, 0.25) is 0 Å². The van der Waals surface area contributed by atoms with E-state index in [0.717, 1.165) is 5.56 Å². The Hall–Kier alpha value is -3.35. The fraction of sp³-hybridized carbons (Fsp3) is 0.286. The monoisotopic (exact) mass is 381 g/mol. The molecule has 0 saturated heterocycles. The van der Waals surface area contributed by atoms with E-state index in [1.807, 2.05) is 20.8 Å². The zero-order chi connectivity index (χ0) is 20.3. The molecular formula is C21H23N3O4. The molecule has 0 radical (unpaired) electrons. The molecule has 146 valence electrons. The zero-order valence-corrected chi connectivity index (χ0v) is 16.1. The molecule has 0 atom stereocenters. The van der Waals surface area contributed by atoms with E-state index in [-0.39, 0.29) is 24.3 Å². The van der Waals surface area contributed by atoms with Crippen LogP contribution < -0.4 is 20.7 Å². The highest BCUT2D eigenvalue weighted by molar-refractivity contribution is 6.07. The number of carbonyl (C=O) groups is 3. The highest BCUT2D eigenvalue weighted by atomic mass is 16.5. The Labute approximate surface area is 163 Å². The molecule has 7 heteroatoms. The van der Waals surface area contributed by atoms with Gasteiger partial charge in [-0.15, -0.1) is 0 Å². The van der Waals surface area contributed by atoms with Crippen LogP contribution in [0.1, 0.15) is 40.1 Å². The largest absolute Gasteiger partial charge is 0.482 e. The maximum atomic E-state index is 12.6. The highest BCUT2D eigenvalue weighted by Crippen LogP contribution is 2.29. The van der Waals surface area contributed by atoms with Crippen LogP contribution in [0.25, 0.3) is 0 Å². The normalized spacial score (nSPS) is 12.6. The van der Waals surface area contributed by atoms with Gasteiger partial charge in [-0.2, -0.15) is 0 Å². The van der Waals surface area contributed by atoms with Gasteiger partial charge in [0, 0.05) is 23.4 Å². The quantitative estimate of drug-likeness (QED) is 0.742. The van der Waals surface area contributed by atoms with E-state index in [9.17, 15) is 14.4 Å². The maximum Gasteiger partial charge on any atom is 0.262 e. The van der Waals surface area contributed by atoms with E-state index in [1.54, 1.807) is 36.4 Å². The van der Waals surface area contributed by atoms with E-state index in [2.05, 4.69) is 16.0 Å². The first-order valence-electron chi connectivity index (χ1n) is 9.10. The van der Waals surface area contributed by atoms with Gasteiger partial charge in [-0.25, -0.2) is 0 Å². The molecule has 3 rings (SSSR count). The highest BCUT2D eigenvalue weighted by Gasteiger charge is 2.18. The standard InChI is InChI=1S/C21H23N3O4/c1-12(2)10-22-20(26)14-4-6-16(13(3)8-14)24-21(27)15-5-7-18-17(9-15)23-19(25)11-28-18/h4-9,12H,10-11H2,1-3H3,(H,22,26)(H,23,25)(H,24,27). The van der Waals surface area contributed by atoms with Crippen molar-refractivity contribution in [3.63, 3.8) is 0 Å². The van der Waals surface area contributed by atoms with Gasteiger partial charge in [0.15, 0.2) is 6.61 Å². The van der Waals surface area contributed by atoms with E-state index in [1.165, 1.54) is 0 Å². The van der Waals surface area contributed by atoms with Crippen molar-refractivity contribution < 1.29 is 19.1 Å². The van der Waals surface area contributed by atoms with Crippen LogP contribution in [-0.4, -0.2) is 30.9 Å². The second kappa shape index (κ2) is 8.12. The van der Waals surface area contributed by atoms with Crippen LogP contribution in [0.3, 0.4) is 0 Å². The lowest BCUT2D eigenvalue weighted by Crippen LogP contribution is -2.27. The third kappa shape index (κ3) is 4.49. The van der Waals surface area contributed by atoms with E-state index >= 15 is 0 Å². The van der Waals surface area contributed by atoms with Crippen LogP contribution in [0.5, 0.6) is 5.75 Å². The molecule has 28 heavy (non-hydrogen) atoms. The number of ether oxygens (including phenoxy) is 1. The third-order valence-corrected chi connectivity index (χ3v) is 4.28. The van der Waals surface area contributed by atoms with Crippen molar-refractivity contribution in [3.05, 3.63) is 53.1 Å². The molecule has 1 aliphatic rings. The molecule has 3 amide bonds. The molecule has 0 fully saturated rings. The van der Waals surface area contributed by atoms with Crippen LogP contribution in [0.4, 0.5) is 11.4 Å². The van der Waals surface area contributed by atoms with Crippen LogP contribution in [0, 0.1) is 12.8 Å². The first-order chi connectivity index (χ1) is 13.3. The molecule has 1 heterocycles. The Morgan fingerprint density at radius 3 is 2.54 bits per heavy atom. The fourth-order valence-electron chi connectivity index (χ4n) is 2.76. The van der Waals surface area contributed by atoms with Crippen molar-refractivity contribution in [2.45, 2.75) is 20.8 Å². The number of benzene rings is 2. The summed E-state index contributed by atoms with van der Waals surface area (Å²) in [7, 11) is 0. The molecular weight excluding hydrogens is 358 g/mol. The summed E-state index contributed by atoms with van der Waals surface area (Å²) in [5, 5.41) is 8.39. The lowest BCUT2D eigenvalue weighted by atomic mass is 10.1. The molecule has 0 aliphatic carbocycles. The van der Waals surface area contributed by atoms with Crippen molar-refractivity contribution in [1.29, 1.82) is 0 Å². The second-order valence-electron chi connectivity index (χ2n) is 7.14. The average Bonchev–Trinajstić information content (AvgIpc) is 2.66. The number of nitrogens with one attached hydrogen (secondary N) is 3. The Morgan fingerprint density at radius 2 is 1.82 bits per heavy atom. The van der Waals surface area contributed by atoms with E-state index in [0.29, 0.717) is 40.7 Å². The van der Waals surface area contributed by atoms with Crippen LogP contribution in [-0.2, 0) is 4.79 Å². The predicted molar refractivity (Wildman–Crippen MR) is 107 cm³/mol. The Bertz CT molecular complexity index is 937. The molecule has 0 aromatic heterocycles. The summed E-state index contributed by atoms with van der Waals surface area (Å²) in [6.45, 7) is 6.46. The van der Waals surface area contributed by atoms with Gasteiger partial charge in [0.25, 0.3) is 17.7 Å². The maximum absolute atomic E-state index is 12.6. The lowest BCUT2D eigenvalue weighted by molar-refractivity contribution is -0.118. The van der Waals surface area contributed by atoms with Gasteiger partial charge in [0.05, 0.1) is 5.69 Å². The smallest absolute Gasteiger partial charge is 0.262 e. The van der Waals surface area contributed by atoms with Gasteiger partial charge in [-0.3, -0.25) is 14.4 Å². The van der Waals surface area contributed by atoms with Crippen molar-refractivity contribution in [2.24, 2.45) is 5.92 Å². The van der Waals surface area contributed by atoms with Gasteiger partial charge in [-0.1, -0.05) is 13.8 Å². The molecule has 2 aromatic rings. The van der Waals surface area contributed by atoms with E-state index in [4.69, 9.17) is 4.74 Å². The molecule has 0 bridgehead atoms. The van der Waals surface area contributed by atoms with E-state index < -0.39 is 0 Å². The molecule has 0 spiro atoms. The summed E-state index contributed by atoms with van der Waals surface area (Å²) >= 11 is 0. The summed E-state index contributed by atoms with van der Waals surface area (Å²) in [6, 6.07) is 9.99. The first-order valence-corrected chi connectivity index (χ1v) is 9.10. The first kappa shape index (κ1) is 19.4. The molecule has 0 saturated carbocycles. The third-order valence-electron chi connectivity index (χ3n) is 4.28. The number of hydrogen-bond donors (Lipinski definition) is 3. The van der Waals surface area contributed by atoms with Crippen molar-refractivity contribution in [1.82, 2.24) is 5.32 Å². The summed E-state index contributed by atoms with van der Waals surface area (Å²) in [5.74, 6) is 0.189. The number of hydrogen-bond acceptors (Lipinski definition) is 4. The Balaban J connectivity index is 1.71. The minimum absolute atomic E-state index is 0.0329. The number of rotatable bonds is 5. The SMILES string of the molecule is Cc1cc(C(=O)NCC(C)C)ccc1NC(=O)c1ccc2c(c1)NC(=O)CO2. The van der Waals surface area contributed by atoms with Crippen molar-refractivity contribution in [3.8, 4) is 5.75 Å². The van der Waals surface area contributed by atoms with Crippen LogP contribution >= 0.6 is 0 Å². The summed E-state index contributed by atoms with van der Waals surface area (Å²) < 4.78 is 5.30. The van der Waals surface area contributed by atoms with Gasteiger partial charge >= 0.3 is 0 Å². The number of anilines is 2. The van der Waals surface area contributed by atoms with Crippen molar-refractivity contribution >= 4 is 29.1 Å². The topological polar surface area (TPSA) is 96.5 Å². The predicted octanol–water partition coefficient (Wildman–Crippen LogP) is 2.96. The van der Waals surface area contributed by atoms with Crippen molar-refractivity contribution in [2.75, 3.05) is 23.8 Å². The number of carbonyl (C=O) groups excluding carboxylic acids is 3. The summed E-state index contributed by atoms with van der Waals surface area (Å²) in [5.41, 5.74) is 2.80. The lowest BCUT2D eigenvalue weighted by Gasteiger charge is -2.18. The second-order valence-corrected chi connectivity index (χ2v) is 7.14. The molecule has 3 N–H and O–H groups in total. The fourth-order valence-corrected chi connectivity index (χ4v) is 2.76. The minimum Gasteiger partial charge on any atom is -0.482 e. The minimum atomic E-state index is -0.317. The van der Waals surface area contributed by atoms with Crippen LogP contribution in [0.2, 0.25) is 0 Å². The number of amides is 3. The van der Waals surface area contributed by atoms with Gasteiger partial charge in [-0.05, 0) is 54.8 Å². The average molecular weight is 381 g/mol. The Kier molecular flexibility index (Phi) is 5.63.